The molecule has 0 saturated carbocycles. The smallest absolute Gasteiger partial charge is 0.239 e. The molecule has 132 valence electrons. The zero-order valence-electron chi connectivity index (χ0n) is 14.9. The number of nitrogens with zero attached hydrogens (tertiary/aromatic N) is 1. The van der Waals surface area contributed by atoms with E-state index < -0.39 is 5.92 Å². The van der Waals surface area contributed by atoms with Gasteiger partial charge in [-0.3, -0.25) is 9.59 Å². The minimum Gasteiger partial charge on any atom is -0.497 e. The van der Waals surface area contributed by atoms with E-state index in [4.69, 9.17) is 4.74 Å². The van der Waals surface area contributed by atoms with Crippen LogP contribution >= 0.6 is 0 Å². The molecule has 0 aliphatic heterocycles. The van der Waals surface area contributed by atoms with E-state index in [2.05, 4.69) is 5.32 Å². The van der Waals surface area contributed by atoms with Crippen LogP contribution in [-0.2, 0) is 16.0 Å². The maximum atomic E-state index is 12.6. The fourth-order valence-electron chi connectivity index (χ4n) is 2.57. The second kappa shape index (κ2) is 8.87. The van der Waals surface area contributed by atoms with Gasteiger partial charge in [0.2, 0.25) is 11.8 Å². The fourth-order valence-corrected chi connectivity index (χ4v) is 2.57. The van der Waals surface area contributed by atoms with Gasteiger partial charge in [0.15, 0.2) is 0 Å². The largest absolute Gasteiger partial charge is 0.497 e. The van der Waals surface area contributed by atoms with Crippen molar-refractivity contribution in [3.63, 3.8) is 0 Å². The molecule has 0 heterocycles. The van der Waals surface area contributed by atoms with Crippen molar-refractivity contribution in [1.29, 1.82) is 0 Å². The van der Waals surface area contributed by atoms with Gasteiger partial charge in [0, 0.05) is 20.6 Å². The van der Waals surface area contributed by atoms with Crippen LogP contribution in [0.15, 0.2) is 54.6 Å². The Balaban J connectivity index is 2.03. The topological polar surface area (TPSA) is 58.6 Å². The lowest BCUT2D eigenvalue weighted by molar-refractivity contribution is -0.136. The average molecular weight is 340 g/mol. The van der Waals surface area contributed by atoms with Gasteiger partial charge >= 0.3 is 0 Å². The lowest BCUT2D eigenvalue weighted by atomic mass is 9.96. The van der Waals surface area contributed by atoms with Gasteiger partial charge in [0.1, 0.15) is 11.7 Å². The van der Waals surface area contributed by atoms with Crippen molar-refractivity contribution in [2.75, 3.05) is 27.7 Å². The minimum atomic E-state index is -0.832. The lowest BCUT2D eigenvalue weighted by Gasteiger charge is -2.20. The van der Waals surface area contributed by atoms with Crippen LogP contribution in [0.4, 0.5) is 0 Å². The van der Waals surface area contributed by atoms with Crippen LogP contribution < -0.4 is 10.1 Å². The monoisotopic (exact) mass is 340 g/mol. The summed E-state index contributed by atoms with van der Waals surface area (Å²) in [6.07, 6.45) is 0.667. The van der Waals surface area contributed by atoms with E-state index in [1.54, 1.807) is 33.3 Å². The summed E-state index contributed by atoms with van der Waals surface area (Å²) in [7, 11) is 4.93. The van der Waals surface area contributed by atoms with Crippen LogP contribution in [0.5, 0.6) is 5.75 Å². The molecule has 1 N–H and O–H groups in total. The summed E-state index contributed by atoms with van der Waals surface area (Å²) in [5.41, 5.74) is 1.76. The molecule has 0 radical (unpaired) electrons. The van der Waals surface area contributed by atoms with Crippen molar-refractivity contribution in [1.82, 2.24) is 10.2 Å². The molecule has 5 heteroatoms. The third kappa shape index (κ3) is 5.08. The first kappa shape index (κ1) is 18.5. The van der Waals surface area contributed by atoms with Crippen molar-refractivity contribution in [2.45, 2.75) is 12.3 Å². The van der Waals surface area contributed by atoms with Crippen molar-refractivity contribution in [3.05, 3.63) is 65.7 Å². The highest BCUT2D eigenvalue weighted by molar-refractivity contribution is 6.05. The summed E-state index contributed by atoms with van der Waals surface area (Å²) < 4.78 is 5.20. The van der Waals surface area contributed by atoms with Crippen LogP contribution in [0.1, 0.15) is 17.0 Å². The summed E-state index contributed by atoms with van der Waals surface area (Å²) in [6, 6.07) is 16.8. The molecule has 2 amide bonds. The highest BCUT2D eigenvalue weighted by atomic mass is 16.5. The van der Waals surface area contributed by atoms with Gasteiger partial charge in [0.05, 0.1) is 7.11 Å². The molecule has 1 unspecified atom stereocenters. The normalized spacial score (nSPS) is 11.5. The zero-order valence-corrected chi connectivity index (χ0v) is 14.9. The van der Waals surface area contributed by atoms with Gasteiger partial charge in [-0.25, -0.2) is 0 Å². The number of benzene rings is 2. The Morgan fingerprint density at radius 1 is 1.08 bits per heavy atom. The Labute approximate surface area is 148 Å². The zero-order chi connectivity index (χ0) is 18.2. The van der Waals surface area contributed by atoms with Crippen molar-refractivity contribution in [2.24, 2.45) is 0 Å². The molecule has 2 aromatic carbocycles. The minimum absolute atomic E-state index is 0.231. The Morgan fingerprint density at radius 3 is 2.44 bits per heavy atom. The predicted octanol–water partition coefficient (Wildman–Crippen LogP) is 2.23. The molecular formula is C20H24N2O3. The molecule has 25 heavy (non-hydrogen) atoms. The maximum Gasteiger partial charge on any atom is 0.239 e. The average Bonchev–Trinajstić information content (AvgIpc) is 2.63. The first-order valence-corrected chi connectivity index (χ1v) is 8.19. The van der Waals surface area contributed by atoms with Gasteiger partial charge in [-0.15, -0.1) is 0 Å². The number of methoxy groups -OCH3 is 1. The van der Waals surface area contributed by atoms with Gasteiger partial charge in [-0.05, 0) is 29.7 Å². The second-order valence-electron chi connectivity index (χ2n) is 5.97. The van der Waals surface area contributed by atoms with Crippen molar-refractivity contribution >= 4 is 11.8 Å². The highest BCUT2D eigenvalue weighted by Crippen LogP contribution is 2.18. The molecule has 2 rings (SSSR count). The van der Waals surface area contributed by atoms with E-state index in [-0.39, 0.29) is 11.8 Å². The number of ether oxygens (including phenoxy) is 1. The molecule has 0 aliphatic rings. The first-order chi connectivity index (χ1) is 12.0. The fraction of sp³-hybridized carbons (Fsp3) is 0.300. The lowest BCUT2D eigenvalue weighted by Crippen LogP contribution is -2.39. The van der Waals surface area contributed by atoms with E-state index in [0.717, 1.165) is 11.3 Å². The summed E-state index contributed by atoms with van der Waals surface area (Å²) in [6.45, 7) is 0.454. The third-order valence-electron chi connectivity index (χ3n) is 3.93. The van der Waals surface area contributed by atoms with E-state index in [0.29, 0.717) is 18.5 Å². The van der Waals surface area contributed by atoms with Crippen molar-refractivity contribution < 1.29 is 14.3 Å². The van der Waals surface area contributed by atoms with Gasteiger partial charge < -0.3 is 15.0 Å². The molecular weight excluding hydrogens is 316 g/mol. The number of amides is 2. The van der Waals surface area contributed by atoms with E-state index in [1.807, 2.05) is 42.5 Å². The molecule has 0 saturated heterocycles. The highest BCUT2D eigenvalue weighted by Gasteiger charge is 2.29. The number of hydrogen-bond acceptors (Lipinski definition) is 3. The van der Waals surface area contributed by atoms with Crippen molar-refractivity contribution in [3.8, 4) is 5.75 Å². The molecule has 1 atom stereocenters. The van der Waals surface area contributed by atoms with Crippen LogP contribution in [0.25, 0.3) is 0 Å². The number of hydrogen-bond donors (Lipinski definition) is 1. The van der Waals surface area contributed by atoms with Gasteiger partial charge in [0.25, 0.3) is 0 Å². The Hall–Kier alpha value is -2.82. The maximum absolute atomic E-state index is 12.6. The molecule has 2 aromatic rings. The third-order valence-corrected chi connectivity index (χ3v) is 3.93. The molecule has 0 bridgehead atoms. The van der Waals surface area contributed by atoms with Crippen LogP contribution in [0.2, 0.25) is 0 Å². The van der Waals surface area contributed by atoms with Crippen LogP contribution in [0, 0.1) is 0 Å². The summed E-state index contributed by atoms with van der Waals surface area (Å²) >= 11 is 0. The quantitative estimate of drug-likeness (QED) is 0.787. The Bertz CT molecular complexity index is 714. The predicted molar refractivity (Wildman–Crippen MR) is 97.6 cm³/mol. The molecule has 0 aromatic heterocycles. The molecule has 0 fully saturated rings. The standard InChI is InChI=1S/C20H24N2O3/c1-22(2)20(24)18(16-9-5-4-6-10-16)19(23)21-13-12-15-8-7-11-17(14-15)25-3/h4-11,14,18H,12-13H2,1-3H3,(H,21,23). The van der Waals surface area contributed by atoms with Gasteiger partial charge in [-0.1, -0.05) is 42.5 Å². The summed E-state index contributed by atoms with van der Waals surface area (Å²) in [4.78, 5) is 26.5. The molecule has 5 nitrogen and oxygen atoms in total. The number of carbonyl (C=O) groups excluding carboxylic acids is 2. The van der Waals surface area contributed by atoms with Crippen LogP contribution in [0.3, 0.4) is 0 Å². The number of nitrogens with one attached hydrogen (secondary N) is 1. The number of likely N-dealkylation sites (N-methyl/N-ethyl adjacent to an activating group) is 1. The van der Waals surface area contributed by atoms with Gasteiger partial charge in [-0.2, -0.15) is 0 Å². The van der Waals surface area contributed by atoms with Crippen LogP contribution in [-0.4, -0.2) is 44.5 Å². The van der Waals surface area contributed by atoms with E-state index >= 15 is 0 Å². The summed E-state index contributed by atoms with van der Waals surface area (Å²) in [5, 5.41) is 2.88. The molecule has 0 aliphatic carbocycles. The van der Waals surface area contributed by atoms with E-state index in [9.17, 15) is 9.59 Å². The molecule has 0 spiro atoms. The summed E-state index contributed by atoms with van der Waals surface area (Å²) in [5.74, 6) is -0.562. The first-order valence-electron chi connectivity index (χ1n) is 8.19. The SMILES string of the molecule is COc1cccc(CCNC(=O)C(C(=O)N(C)C)c2ccccc2)c1. The van der Waals surface area contributed by atoms with E-state index in [1.165, 1.54) is 4.90 Å². The number of rotatable bonds is 7. The Kier molecular flexibility index (Phi) is 6.57. The number of carbonyl (C=O) groups is 2. The Morgan fingerprint density at radius 2 is 1.80 bits per heavy atom. The second-order valence-corrected chi connectivity index (χ2v) is 5.97.